The fourth-order valence-corrected chi connectivity index (χ4v) is 4.37. The summed E-state index contributed by atoms with van der Waals surface area (Å²) in [5, 5.41) is 6.74. The van der Waals surface area contributed by atoms with Gasteiger partial charge < -0.3 is 10.2 Å². The van der Waals surface area contributed by atoms with Gasteiger partial charge in [-0.25, -0.2) is 9.97 Å². The number of hydrogen-bond donors (Lipinski definition) is 1. The lowest BCUT2D eigenvalue weighted by molar-refractivity contribution is 0.0931. The molecule has 1 aliphatic heterocycles. The first-order valence-corrected chi connectivity index (χ1v) is 9.30. The van der Waals surface area contributed by atoms with Gasteiger partial charge in [-0.15, -0.1) is 22.7 Å². The number of carbonyl (C=O) groups is 1. The van der Waals surface area contributed by atoms with Gasteiger partial charge in [0.1, 0.15) is 0 Å². The Balaban J connectivity index is 1.38. The molecule has 7 heteroatoms. The number of fused-ring (bicyclic) bond motifs is 1. The molecule has 0 spiro atoms. The van der Waals surface area contributed by atoms with Gasteiger partial charge in [0.2, 0.25) is 0 Å². The van der Waals surface area contributed by atoms with Gasteiger partial charge in [0.15, 0.2) is 10.1 Å². The summed E-state index contributed by atoms with van der Waals surface area (Å²) in [6.07, 6.45) is 3.72. The summed E-state index contributed by atoms with van der Waals surface area (Å²) < 4.78 is 1.05. The summed E-state index contributed by atoms with van der Waals surface area (Å²) >= 11 is 3.11. The van der Waals surface area contributed by atoms with Gasteiger partial charge in [-0.3, -0.25) is 4.79 Å². The number of para-hydroxylation sites is 1. The van der Waals surface area contributed by atoms with E-state index in [-0.39, 0.29) is 11.9 Å². The zero-order valence-corrected chi connectivity index (χ0v) is 14.1. The van der Waals surface area contributed by atoms with E-state index in [0.29, 0.717) is 5.01 Å². The Morgan fingerprint density at radius 1 is 1.26 bits per heavy atom. The third-order valence-electron chi connectivity index (χ3n) is 4.01. The van der Waals surface area contributed by atoms with Crippen LogP contribution in [0, 0.1) is 0 Å². The van der Waals surface area contributed by atoms with Crippen molar-refractivity contribution in [1.29, 1.82) is 0 Å². The van der Waals surface area contributed by atoms with Crippen molar-refractivity contribution in [3.05, 3.63) is 40.8 Å². The average Bonchev–Trinajstić information content (AvgIpc) is 3.25. The number of anilines is 1. The number of rotatable bonds is 3. The molecule has 0 unspecified atom stereocenters. The number of carbonyl (C=O) groups excluding carboxylic acids is 1. The maximum absolute atomic E-state index is 12.4. The Bertz CT molecular complexity index is 773. The van der Waals surface area contributed by atoms with Gasteiger partial charge in [-0.05, 0) is 25.0 Å². The first-order chi connectivity index (χ1) is 11.3. The second-order valence-electron chi connectivity index (χ2n) is 5.54. The van der Waals surface area contributed by atoms with Crippen LogP contribution in [0.1, 0.15) is 22.6 Å². The van der Waals surface area contributed by atoms with Gasteiger partial charge >= 0.3 is 0 Å². The van der Waals surface area contributed by atoms with Crippen LogP contribution < -0.4 is 10.2 Å². The average molecular weight is 344 g/mol. The lowest BCUT2D eigenvalue weighted by Gasteiger charge is -2.31. The molecular formula is C16H16N4OS2. The lowest BCUT2D eigenvalue weighted by atomic mass is 10.1. The quantitative estimate of drug-likeness (QED) is 0.793. The number of amides is 1. The number of thiazole rings is 2. The smallest absolute Gasteiger partial charge is 0.280 e. The number of piperidine rings is 1. The van der Waals surface area contributed by atoms with E-state index in [1.54, 1.807) is 11.3 Å². The van der Waals surface area contributed by atoms with Gasteiger partial charge in [0, 0.05) is 30.7 Å². The highest BCUT2D eigenvalue weighted by Crippen LogP contribution is 2.24. The predicted molar refractivity (Wildman–Crippen MR) is 94.4 cm³/mol. The molecule has 0 bridgehead atoms. The molecule has 1 fully saturated rings. The van der Waals surface area contributed by atoms with Crippen molar-refractivity contribution in [2.75, 3.05) is 18.0 Å². The molecule has 2 aromatic heterocycles. The van der Waals surface area contributed by atoms with Crippen LogP contribution in [0.5, 0.6) is 0 Å². The molecule has 0 saturated carbocycles. The highest BCUT2D eigenvalue weighted by Gasteiger charge is 2.23. The van der Waals surface area contributed by atoms with Crippen LogP contribution in [0.2, 0.25) is 0 Å². The van der Waals surface area contributed by atoms with Gasteiger partial charge in [-0.2, -0.15) is 0 Å². The number of benzene rings is 1. The minimum atomic E-state index is -0.0566. The molecule has 1 aromatic carbocycles. The molecule has 0 aliphatic carbocycles. The first kappa shape index (κ1) is 14.6. The number of aromatic nitrogens is 2. The van der Waals surface area contributed by atoms with Crippen molar-refractivity contribution in [3.63, 3.8) is 0 Å². The first-order valence-electron chi connectivity index (χ1n) is 7.60. The molecule has 3 heterocycles. The molecule has 1 saturated heterocycles. The summed E-state index contributed by atoms with van der Waals surface area (Å²) in [5.74, 6) is -0.0566. The van der Waals surface area contributed by atoms with Gasteiger partial charge in [-0.1, -0.05) is 12.1 Å². The van der Waals surface area contributed by atoms with Crippen molar-refractivity contribution in [2.24, 2.45) is 0 Å². The largest absolute Gasteiger partial charge is 0.348 e. The number of hydrogen-bond acceptors (Lipinski definition) is 6. The fourth-order valence-electron chi connectivity index (χ4n) is 2.80. The Hall–Kier alpha value is -1.99. The lowest BCUT2D eigenvalue weighted by Crippen LogP contribution is -2.44. The molecule has 5 nitrogen and oxygen atoms in total. The molecule has 1 amide bonds. The van der Waals surface area contributed by atoms with Crippen molar-refractivity contribution in [2.45, 2.75) is 18.9 Å². The fraction of sp³-hybridized carbons (Fsp3) is 0.312. The molecule has 3 aromatic rings. The van der Waals surface area contributed by atoms with Crippen LogP contribution >= 0.6 is 22.7 Å². The van der Waals surface area contributed by atoms with Crippen molar-refractivity contribution in [3.8, 4) is 0 Å². The molecule has 1 aliphatic rings. The Kier molecular flexibility index (Phi) is 3.97. The van der Waals surface area contributed by atoms with Crippen LogP contribution in [0.4, 0.5) is 5.13 Å². The zero-order valence-electron chi connectivity index (χ0n) is 12.4. The molecular weight excluding hydrogens is 328 g/mol. The van der Waals surface area contributed by atoms with Crippen LogP contribution in [0.15, 0.2) is 35.8 Å². The monoisotopic (exact) mass is 344 g/mol. The van der Waals surface area contributed by atoms with Crippen LogP contribution in [-0.2, 0) is 0 Å². The highest BCUT2D eigenvalue weighted by atomic mass is 32.1. The standard InChI is InChI=1S/C16H16N4OS2/c21-14(15-19-12-3-1-2-4-13(12)23-15)18-11-5-8-20(9-6-11)16-17-7-10-22-16/h1-4,7,10-11H,5-6,8-9H2,(H,18,21). The van der Waals surface area contributed by atoms with Gasteiger partial charge in [0.25, 0.3) is 5.91 Å². The summed E-state index contributed by atoms with van der Waals surface area (Å²) in [6, 6.07) is 8.06. The second-order valence-corrected chi connectivity index (χ2v) is 7.44. The number of nitrogens with one attached hydrogen (secondary N) is 1. The Labute approximate surface area is 142 Å². The van der Waals surface area contributed by atoms with Crippen LogP contribution in [0.3, 0.4) is 0 Å². The van der Waals surface area contributed by atoms with Crippen LogP contribution in [0.25, 0.3) is 10.2 Å². The molecule has 0 radical (unpaired) electrons. The van der Waals surface area contributed by atoms with E-state index < -0.39 is 0 Å². The zero-order chi connectivity index (χ0) is 15.6. The maximum atomic E-state index is 12.4. The van der Waals surface area contributed by atoms with E-state index in [1.165, 1.54) is 11.3 Å². The Morgan fingerprint density at radius 2 is 2.09 bits per heavy atom. The SMILES string of the molecule is O=C(NC1CCN(c2nccs2)CC1)c1nc2ccccc2s1. The minimum absolute atomic E-state index is 0.0566. The second kappa shape index (κ2) is 6.25. The van der Waals surface area contributed by atoms with E-state index in [4.69, 9.17) is 0 Å². The third kappa shape index (κ3) is 3.07. The molecule has 118 valence electrons. The summed E-state index contributed by atoms with van der Waals surface area (Å²) in [4.78, 5) is 23.5. The molecule has 4 rings (SSSR count). The third-order valence-corrected chi connectivity index (χ3v) is 5.88. The minimum Gasteiger partial charge on any atom is -0.348 e. The topological polar surface area (TPSA) is 58.1 Å². The normalized spacial score (nSPS) is 15.9. The molecule has 1 N–H and O–H groups in total. The van der Waals surface area contributed by atoms with Crippen molar-refractivity contribution in [1.82, 2.24) is 15.3 Å². The Morgan fingerprint density at radius 3 is 2.83 bits per heavy atom. The van der Waals surface area contributed by atoms with E-state index in [2.05, 4.69) is 20.2 Å². The van der Waals surface area contributed by atoms with E-state index >= 15 is 0 Å². The van der Waals surface area contributed by atoms with E-state index in [0.717, 1.165) is 41.3 Å². The molecule has 0 atom stereocenters. The van der Waals surface area contributed by atoms with Gasteiger partial charge in [0.05, 0.1) is 10.2 Å². The summed E-state index contributed by atoms with van der Waals surface area (Å²) in [7, 11) is 0. The van der Waals surface area contributed by atoms with Crippen molar-refractivity contribution >= 4 is 43.9 Å². The summed E-state index contributed by atoms with van der Waals surface area (Å²) in [6.45, 7) is 1.86. The van der Waals surface area contributed by atoms with E-state index in [9.17, 15) is 4.79 Å². The highest BCUT2D eigenvalue weighted by molar-refractivity contribution is 7.20. The maximum Gasteiger partial charge on any atom is 0.280 e. The van der Waals surface area contributed by atoms with Crippen molar-refractivity contribution < 1.29 is 4.79 Å². The summed E-state index contributed by atoms with van der Waals surface area (Å²) in [5.41, 5.74) is 0.890. The predicted octanol–water partition coefficient (Wildman–Crippen LogP) is 3.15. The molecule has 23 heavy (non-hydrogen) atoms. The van der Waals surface area contributed by atoms with E-state index in [1.807, 2.05) is 35.8 Å². The van der Waals surface area contributed by atoms with Crippen LogP contribution in [-0.4, -0.2) is 35.0 Å². The number of nitrogens with zero attached hydrogens (tertiary/aromatic N) is 3.